The lowest BCUT2D eigenvalue weighted by Crippen LogP contribution is -2.28. The van der Waals surface area contributed by atoms with E-state index in [0.717, 1.165) is 5.56 Å². The summed E-state index contributed by atoms with van der Waals surface area (Å²) in [6.07, 6.45) is 0.673. The number of carbonyl (C=O) groups is 1. The van der Waals surface area contributed by atoms with Crippen molar-refractivity contribution in [3.63, 3.8) is 0 Å². The maximum absolute atomic E-state index is 10.9. The molecule has 0 spiro atoms. The number of ether oxygens (including phenoxy) is 1. The van der Waals surface area contributed by atoms with E-state index in [0.29, 0.717) is 6.42 Å². The van der Waals surface area contributed by atoms with Gasteiger partial charge in [0.25, 0.3) is 0 Å². The zero-order chi connectivity index (χ0) is 12.0. The van der Waals surface area contributed by atoms with Crippen LogP contribution in [0.4, 0.5) is 0 Å². The van der Waals surface area contributed by atoms with Crippen LogP contribution in [0.2, 0.25) is 0 Å². The summed E-state index contributed by atoms with van der Waals surface area (Å²) in [7, 11) is 0. The van der Waals surface area contributed by atoms with Crippen LogP contribution in [0.5, 0.6) is 0 Å². The SMILES string of the molecule is CCC(C)(C#Cc1ccccc1)OC(C)=O. The summed E-state index contributed by atoms with van der Waals surface area (Å²) in [6.45, 7) is 5.17. The van der Waals surface area contributed by atoms with Crippen LogP contribution >= 0.6 is 0 Å². The second-order valence-electron chi connectivity index (χ2n) is 3.79. The van der Waals surface area contributed by atoms with Gasteiger partial charge < -0.3 is 4.74 Å². The largest absolute Gasteiger partial charge is 0.446 e. The second-order valence-corrected chi connectivity index (χ2v) is 3.79. The van der Waals surface area contributed by atoms with Gasteiger partial charge in [-0.1, -0.05) is 37.0 Å². The average molecular weight is 216 g/mol. The minimum atomic E-state index is -0.693. The molecule has 0 radical (unpaired) electrons. The molecule has 0 aliphatic carbocycles. The predicted octanol–water partition coefficient (Wildman–Crippen LogP) is 2.77. The van der Waals surface area contributed by atoms with Gasteiger partial charge in [0, 0.05) is 12.5 Å². The quantitative estimate of drug-likeness (QED) is 0.561. The topological polar surface area (TPSA) is 26.3 Å². The zero-order valence-corrected chi connectivity index (χ0v) is 9.91. The summed E-state index contributed by atoms with van der Waals surface area (Å²) in [5.74, 6) is 5.72. The van der Waals surface area contributed by atoms with Gasteiger partial charge in [0.15, 0.2) is 5.60 Å². The fourth-order valence-corrected chi connectivity index (χ4v) is 1.23. The van der Waals surface area contributed by atoms with Crippen LogP contribution < -0.4 is 0 Å². The van der Waals surface area contributed by atoms with Crippen molar-refractivity contribution in [3.8, 4) is 11.8 Å². The summed E-state index contributed by atoms with van der Waals surface area (Å²) in [6, 6.07) is 9.65. The summed E-state index contributed by atoms with van der Waals surface area (Å²) in [5.41, 5.74) is 0.233. The molecule has 0 bridgehead atoms. The number of hydrogen-bond acceptors (Lipinski definition) is 2. The fourth-order valence-electron chi connectivity index (χ4n) is 1.23. The Hall–Kier alpha value is -1.75. The molecular formula is C14H16O2. The summed E-state index contributed by atoms with van der Waals surface area (Å²) < 4.78 is 5.20. The Morgan fingerprint density at radius 3 is 2.50 bits per heavy atom. The van der Waals surface area contributed by atoms with Crippen LogP contribution in [-0.4, -0.2) is 11.6 Å². The van der Waals surface area contributed by atoms with Crippen LogP contribution in [-0.2, 0) is 9.53 Å². The maximum Gasteiger partial charge on any atom is 0.304 e. The average Bonchev–Trinajstić information content (AvgIpc) is 2.27. The van der Waals surface area contributed by atoms with Crippen molar-refractivity contribution in [3.05, 3.63) is 35.9 Å². The first-order chi connectivity index (χ1) is 7.56. The maximum atomic E-state index is 10.9. The molecule has 84 valence electrons. The minimum absolute atomic E-state index is 0.299. The number of benzene rings is 1. The molecule has 1 aromatic rings. The lowest BCUT2D eigenvalue weighted by molar-refractivity contribution is -0.150. The molecular weight excluding hydrogens is 200 g/mol. The third-order valence-electron chi connectivity index (χ3n) is 2.29. The van der Waals surface area contributed by atoms with Gasteiger partial charge in [-0.3, -0.25) is 4.79 Å². The normalized spacial score (nSPS) is 13.2. The Balaban J connectivity index is 2.85. The van der Waals surface area contributed by atoms with Crippen LogP contribution in [0, 0.1) is 11.8 Å². The van der Waals surface area contributed by atoms with Crippen molar-refractivity contribution in [2.45, 2.75) is 32.8 Å². The van der Waals surface area contributed by atoms with Gasteiger partial charge in [-0.15, -0.1) is 0 Å². The van der Waals surface area contributed by atoms with Crippen molar-refractivity contribution < 1.29 is 9.53 Å². The van der Waals surface area contributed by atoms with Gasteiger partial charge >= 0.3 is 5.97 Å². The Morgan fingerprint density at radius 1 is 1.38 bits per heavy atom. The molecule has 0 saturated carbocycles. The smallest absolute Gasteiger partial charge is 0.304 e. The van der Waals surface area contributed by atoms with Gasteiger partial charge in [-0.05, 0) is 25.5 Å². The Morgan fingerprint density at radius 2 is 2.00 bits per heavy atom. The number of carbonyl (C=O) groups excluding carboxylic acids is 1. The monoisotopic (exact) mass is 216 g/mol. The van der Waals surface area contributed by atoms with Gasteiger partial charge in [0.2, 0.25) is 0 Å². The van der Waals surface area contributed by atoms with E-state index in [1.165, 1.54) is 6.92 Å². The Kier molecular flexibility index (Phi) is 4.13. The van der Waals surface area contributed by atoms with E-state index in [4.69, 9.17) is 4.74 Å². The molecule has 0 N–H and O–H groups in total. The summed E-state index contributed by atoms with van der Waals surface area (Å²) in [5, 5.41) is 0. The molecule has 1 unspecified atom stereocenters. The molecule has 2 heteroatoms. The molecule has 0 fully saturated rings. The van der Waals surface area contributed by atoms with Crippen LogP contribution in [0.15, 0.2) is 30.3 Å². The van der Waals surface area contributed by atoms with E-state index < -0.39 is 5.60 Å². The molecule has 0 aliphatic heterocycles. The van der Waals surface area contributed by atoms with Crippen molar-refractivity contribution in [1.82, 2.24) is 0 Å². The molecule has 0 amide bonds. The number of esters is 1. The predicted molar refractivity (Wildman–Crippen MR) is 63.8 cm³/mol. The highest BCUT2D eigenvalue weighted by molar-refractivity contribution is 5.67. The molecule has 1 aromatic carbocycles. The minimum Gasteiger partial charge on any atom is -0.446 e. The van der Waals surface area contributed by atoms with Gasteiger partial charge in [-0.25, -0.2) is 0 Å². The highest BCUT2D eigenvalue weighted by Crippen LogP contribution is 2.14. The van der Waals surface area contributed by atoms with Crippen LogP contribution in [0.3, 0.4) is 0 Å². The zero-order valence-electron chi connectivity index (χ0n) is 9.91. The number of hydrogen-bond donors (Lipinski definition) is 0. The van der Waals surface area contributed by atoms with Gasteiger partial charge in [-0.2, -0.15) is 0 Å². The van der Waals surface area contributed by atoms with Crippen LogP contribution in [0.1, 0.15) is 32.8 Å². The molecule has 16 heavy (non-hydrogen) atoms. The molecule has 0 aromatic heterocycles. The lowest BCUT2D eigenvalue weighted by Gasteiger charge is -2.21. The molecule has 2 nitrogen and oxygen atoms in total. The standard InChI is InChI=1S/C14H16O2/c1-4-14(3,16-12(2)15)11-10-13-8-6-5-7-9-13/h5-9H,4H2,1-3H3. The van der Waals surface area contributed by atoms with E-state index in [2.05, 4.69) is 11.8 Å². The van der Waals surface area contributed by atoms with E-state index >= 15 is 0 Å². The van der Waals surface area contributed by atoms with Crippen LogP contribution in [0.25, 0.3) is 0 Å². The van der Waals surface area contributed by atoms with Gasteiger partial charge in [0.05, 0.1) is 0 Å². The van der Waals surface area contributed by atoms with Crippen molar-refractivity contribution in [1.29, 1.82) is 0 Å². The first kappa shape index (κ1) is 12.3. The second kappa shape index (κ2) is 5.37. The molecule has 0 heterocycles. The third kappa shape index (κ3) is 3.78. The fraction of sp³-hybridized carbons (Fsp3) is 0.357. The molecule has 1 rings (SSSR count). The summed E-state index contributed by atoms with van der Waals surface area (Å²) >= 11 is 0. The third-order valence-corrected chi connectivity index (χ3v) is 2.29. The molecule has 0 saturated heterocycles. The number of rotatable bonds is 2. The molecule has 1 atom stereocenters. The first-order valence-electron chi connectivity index (χ1n) is 5.33. The lowest BCUT2D eigenvalue weighted by atomic mass is 10.0. The van der Waals surface area contributed by atoms with E-state index in [1.54, 1.807) is 0 Å². The Labute approximate surface area is 96.6 Å². The van der Waals surface area contributed by atoms with Crippen molar-refractivity contribution in [2.24, 2.45) is 0 Å². The Bertz CT molecular complexity index is 411. The van der Waals surface area contributed by atoms with E-state index in [1.807, 2.05) is 44.2 Å². The highest BCUT2D eigenvalue weighted by Gasteiger charge is 2.22. The van der Waals surface area contributed by atoms with Crippen molar-refractivity contribution in [2.75, 3.05) is 0 Å². The van der Waals surface area contributed by atoms with Gasteiger partial charge in [0.1, 0.15) is 0 Å². The summed E-state index contributed by atoms with van der Waals surface area (Å²) in [4.78, 5) is 10.9. The first-order valence-corrected chi connectivity index (χ1v) is 5.33. The molecule has 0 aliphatic rings. The highest BCUT2D eigenvalue weighted by atomic mass is 16.6. The van der Waals surface area contributed by atoms with E-state index in [9.17, 15) is 4.79 Å². The van der Waals surface area contributed by atoms with E-state index in [-0.39, 0.29) is 5.97 Å². The van der Waals surface area contributed by atoms with Crippen molar-refractivity contribution >= 4 is 5.97 Å².